The highest BCUT2D eigenvalue weighted by molar-refractivity contribution is 8.01. The van der Waals surface area contributed by atoms with Gasteiger partial charge in [0.05, 0.1) is 17.0 Å². The molecule has 0 aliphatic rings. The van der Waals surface area contributed by atoms with Gasteiger partial charge in [0.25, 0.3) is 0 Å². The standard InChI is InChI=1S/C18H23N3O3S/c1-12-10-16(20-24-12)19-18(23)14(3)25-11-17(22)21(4)13(2)15-8-6-5-7-9-15/h5-10,13-14H,11H2,1-4H3,(H,19,20,23). The molecule has 2 unspecified atom stereocenters. The van der Waals surface area contributed by atoms with Crippen LogP contribution in [0.25, 0.3) is 0 Å². The van der Waals surface area contributed by atoms with Crippen LogP contribution in [0.1, 0.15) is 31.2 Å². The third kappa shape index (κ3) is 5.35. The molecule has 6 nitrogen and oxygen atoms in total. The van der Waals surface area contributed by atoms with E-state index in [0.717, 1.165) is 5.56 Å². The van der Waals surface area contributed by atoms with E-state index in [2.05, 4.69) is 10.5 Å². The molecular weight excluding hydrogens is 338 g/mol. The van der Waals surface area contributed by atoms with Crippen molar-refractivity contribution in [1.29, 1.82) is 0 Å². The van der Waals surface area contributed by atoms with Crippen LogP contribution in [-0.2, 0) is 9.59 Å². The van der Waals surface area contributed by atoms with E-state index in [-0.39, 0.29) is 28.9 Å². The summed E-state index contributed by atoms with van der Waals surface area (Å²) in [5.41, 5.74) is 1.08. The zero-order chi connectivity index (χ0) is 18.4. The lowest BCUT2D eigenvalue weighted by Crippen LogP contribution is -2.32. The van der Waals surface area contributed by atoms with Crippen LogP contribution in [-0.4, -0.2) is 39.9 Å². The van der Waals surface area contributed by atoms with E-state index in [0.29, 0.717) is 11.6 Å². The summed E-state index contributed by atoms with van der Waals surface area (Å²) in [7, 11) is 1.78. The molecule has 134 valence electrons. The van der Waals surface area contributed by atoms with Crippen LogP contribution in [0.5, 0.6) is 0 Å². The Morgan fingerprint density at radius 2 is 1.96 bits per heavy atom. The smallest absolute Gasteiger partial charge is 0.238 e. The van der Waals surface area contributed by atoms with Gasteiger partial charge in [-0.15, -0.1) is 11.8 Å². The van der Waals surface area contributed by atoms with E-state index in [1.165, 1.54) is 11.8 Å². The Morgan fingerprint density at radius 1 is 1.28 bits per heavy atom. The summed E-state index contributed by atoms with van der Waals surface area (Å²) in [4.78, 5) is 26.2. The second kappa shape index (κ2) is 8.71. The van der Waals surface area contributed by atoms with Crippen LogP contribution in [0.4, 0.5) is 5.82 Å². The number of rotatable bonds is 7. The summed E-state index contributed by atoms with van der Waals surface area (Å²) >= 11 is 1.30. The first-order valence-corrected chi connectivity index (χ1v) is 9.09. The quantitative estimate of drug-likeness (QED) is 0.819. The van der Waals surface area contributed by atoms with E-state index < -0.39 is 0 Å². The lowest BCUT2D eigenvalue weighted by atomic mass is 10.1. The number of hydrogen-bond acceptors (Lipinski definition) is 5. The number of thioether (sulfide) groups is 1. The first-order valence-electron chi connectivity index (χ1n) is 8.05. The summed E-state index contributed by atoms with van der Waals surface area (Å²) in [6, 6.07) is 11.5. The van der Waals surface area contributed by atoms with E-state index in [9.17, 15) is 9.59 Å². The van der Waals surface area contributed by atoms with Gasteiger partial charge in [0.15, 0.2) is 5.82 Å². The average molecular weight is 361 g/mol. The highest BCUT2D eigenvalue weighted by atomic mass is 32.2. The number of amides is 2. The van der Waals surface area contributed by atoms with E-state index in [4.69, 9.17) is 4.52 Å². The van der Waals surface area contributed by atoms with Crippen molar-refractivity contribution in [3.8, 4) is 0 Å². The number of benzene rings is 1. The first-order chi connectivity index (χ1) is 11.9. The number of aryl methyl sites for hydroxylation is 1. The fraction of sp³-hybridized carbons (Fsp3) is 0.389. The molecule has 0 saturated carbocycles. The molecule has 0 spiro atoms. The molecule has 2 atom stereocenters. The molecule has 0 saturated heterocycles. The SMILES string of the molecule is Cc1cc(NC(=O)C(C)SCC(=O)N(C)C(C)c2ccccc2)no1. The van der Waals surface area contributed by atoms with Crippen LogP contribution in [0.15, 0.2) is 40.9 Å². The molecule has 1 aromatic heterocycles. The van der Waals surface area contributed by atoms with Gasteiger partial charge < -0.3 is 14.7 Å². The van der Waals surface area contributed by atoms with Crippen molar-refractivity contribution in [2.75, 3.05) is 18.1 Å². The lowest BCUT2D eigenvalue weighted by Gasteiger charge is -2.25. The molecule has 0 bridgehead atoms. The zero-order valence-electron chi connectivity index (χ0n) is 14.9. The summed E-state index contributed by atoms with van der Waals surface area (Å²) in [5.74, 6) is 1.03. The van der Waals surface area contributed by atoms with Gasteiger partial charge in [-0.2, -0.15) is 0 Å². The van der Waals surface area contributed by atoms with Gasteiger partial charge in [0.2, 0.25) is 11.8 Å². The van der Waals surface area contributed by atoms with Crippen LogP contribution in [0.2, 0.25) is 0 Å². The molecule has 0 aliphatic heterocycles. The zero-order valence-corrected chi connectivity index (χ0v) is 15.7. The van der Waals surface area contributed by atoms with Gasteiger partial charge >= 0.3 is 0 Å². The van der Waals surface area contributed by atoms with Gasteiger partial charge in [0, 0.05) is 13.1 Å². The Bertz CT molecular complexity index is 717. The Hall–Kier alpha value is -2.28. The minimum atomic E-state index is -0.374. The predicted molar refractivity (Wildman–Crippen MR) is 99.4 cm³/mol. The number of aromatic nitrogens is 1. The van der Waals surface area contributed by atoms with E-state index in [1.54, 1.807) is 31.9 Å². The summed E-state index contributed by atoms with van der Waals surface area (Å²) in [6.07, 6.45) is 0. The van der Waals surface area contributed by atoms with Gasteiger partial charge in [0.1, 0.15) is 5.76 Å². The summed E-state index contributed by atoms with van der Waals surface area (Å²) in [5, 5.41) is 6.03. The molecule has 2 aromatic rings. The maximum Gasteiger partial charge on any atom is 0.238 e. The number of carbonyl (C=O) groups excluding carboxylic acids is 2. The number of nitrogens with zero attached hydrogens (tertiary/aromatic N) is 2. The molecule has 1 aromatic carbocycles. The molecule has 1 N–H and O–H groups in total. The molecule has 2 rings (SSSR count). The van der Waals surface area contributed by atoms with Crippen molar-refractivity contribution < 1.29 is 14.1 Å². The molecule has 1 heterocycles. The average Bonchev–Trinajstić information content (AvgIpc) is 3.03. The fourth-order valence-corrected chi connectivity index (χ4v) is 3.00. The van der Waals surface area contributed by atoms with E-state index in [1.807, 2.05) is 37.3 Å². The summed E-state index contributed by atoms with van der Waals surface area (Å²) < 4.78 is 4.91. The number of carbonyl (C=O) groups is 2. The van der Waals surface area contributed by atoms with Crippen molar-refractivity contribution in [3.63, 3.8) is 0 Å². The lowest BCUT2D eigenvalue weighted by molar-refractivity contribution is -0.128. The van der Waals surface area contributed by atoms with Crippen LogP contribution in [0.3, 0.4) is 0 Å². The van der Waals surface area contributed by atoms with Gasteiger partial charge in [-0.05, 0) is 26.3 Å². The minimum absolute atomic E-state index is 0.0155. The maximum absolute atomic E-state index is 12.4. The number of nitrogens with one attached hydrogen (secondary N) is 1. The van der Waals surface area contributed by atoms with Crippen LogP contribution in [0, 0.1) is 6.92 Å². The number of hydrogen-bond donors (Lipinski definition) is 1. The predicted octanol–water partition coefficient (Wildman–Crippen LogP) is 3.26. The van der Waals surface area contributed by atoms with Crippen molar-refractivity contribution >= 4 is 29.4 Å². The van der Waals surface area contributed by atoms with Crippen LogP contribution >= 0.6 is 11.8 Å². The third-order valence-corrected chi connectivity index (χ3v) is 5.09. The molecule has 7 heteroatoms. The van der Waals surface area contributed by atoms with Crippen molar-refractivity contribution in [2.45, 2.75) is 32.1 Å². The Labute approximate surface area is 151 Å². The second-order valence-electron chi connectivity index (χ2n) is 5.86. The molecular formula is C18H23N3O3S. The molecule has 25 heavy (non-hydrogen) atoms. The fourth-order valence-electron chi connectivity index (χ4n) is 2.20. The monoisotopic (exact) mass is 361 g/mol. The van der Waals surface area contributed by atoms with Gasteiger partial charge in [-0.25, -0.2) is 0 Å². The van der Waals surface area contributed by atoms with Crippen molar-refractivity contribution in [3.05, 3.63) is 47.7 Å². The second-order valence-corrected chi connectivity index (χ2v) is 7.19. The highest BCUT2D eigenvalue weighted by Gasteiger charge is 2.21. The first kappa shape index (κ1) is 19.1. The molecule has 2 amide bonds. The Morgan fingerprint density at radius 3 is 2.56 bits per heavy atom. The third-order valence-electron chi connectivity index (χ3n) is 3.96. The topological polar surface area (TPSA) is 75.4 Å². The van der Waals surface area contributed by atoms with Crippen molar-refractivity contribution in [1.82, 2.24) is 10.1 Å². The maximum atomic E-state index is 12.4. The molecule has 0 aliphatic carbocycles. The van der Waals surface area contributed by atoms with E-state index >= 15 is 0 Å². The highest BCUT2D eigenvalue weighted by Crippen LogP contribution is 2.21. The van der Waals surface area contributed by atoms with Gasteiger partial charge in [-0.1, -0.05) is 35.5 Å². The molecule has 0 fully saturated rings. The Kier molecular flexibility index (Phi) is 6.64. The molecule has 0 radical (unpaired) electrons. The van der Waals surface area contributed by atoms with Crippen LogP contribution < -0.4 is 5.32 Å². The Balaban J connectivity index is 1.82. The van der Waals surface area contributed by atoms with Crippen molar-refractivity contribution in [2.24, 2.45) is 0 Å². The van der Waals surface area contributed by atoms with Gasteiger partial charge in [-0.3, -0.25) is 9.59 Å². The normalized spacial score (nSPS) is 13.1. The minimum Gasteiger partial charge on any atom is -0.360 e. The largest absolute Gasteiger partial charge is 0.360 e. The number of anilines is 1. The summed E-state index contributed by atoms with van der Waals surface area (Å²) in [6.45, 7) is 5.50.